The van der Waals surface area contributed by atoms with Crippen molar-refractivity contribution in [2.45, 2.75) is 11.8 Å². The van der Waals surface area contributed by atoms with Gasteiger partial charge in [-0.2, -0.15) is 0 Å². The molecule has 1 aliphatic rings. The highest BCUT2D eigenvalue weighted by Gasteiger charge is 2.26. The molecule has 2 aromatic rings. The molecule has 0 saturated carbocycles. The quantitative estimate of drug-likeness (QED) is 0.837. The molecular formula is C19H16FNO2S. The van der Waals surface area contributed by atoms with Crippen LogP contribution in [0.25, 0.3) is 5.70 Å². The number of aryl methyl sites for hydroxylation is 1. The van der Waals surface area contributed by atoms with Gasteiger partial charge in [-0.1, -0.05) is 42.0 Å². The first-order chi connectivity index (χ1) is 11.5. The molecule has 5 heteroatoms. The van der Waals surface area contributed by atoms with Gasteiger partial charge in [0.2, 0.25) is 0 Å². The van der Waals surface area contributed by atoms with E-state index in [4.69, 9.17) is 0 Å². The van der Waals surface area contributed by atoms with Crippen LogP contribution < -0.4 is 0 Å². The van der Waals surface area contributed by atoms with Crippen molar-refractivity contribution in [3.8, 4) is 0 Å². The van der Waals surface area contributed by atoms with Gasteiger partial charge < -0.3 is 0 Å². The molecule has 0 atom stereocenters. The zero-order valence-corrected chi connectivity index (χ0v) is 13.9. The number of benzene rings is 2. The van der Waals surface area contributed by atoms with E-state index in [1.807, 2.05) is 6.92 Å². The van der Waals surface area contributed by atoms with Crippen molar-refractivity contribution in [1.82, 2.24) is 4.31 Å². The maximum Gasteiger partial charge on any atom is 0.268 e. The molecule has 3 rings (SSSR count). The first-order valence-electron chi connectivity index (χ1n) is 7.41. The third-order valence-corrected chi connectivity index (χ3v) is 5.34. The summed E-state index contributed by atoms with van der Waals surface area (Å²) >= 11 is 0. The Kier molecular flexibility index (Phi) is 4.36. The van der Waals surface area contributed by atoms with Crippen molar-refractivity contribution in [2.75, 3.05) is 0 Å². The van der Waals surface area contributed by atoms with E-state index >= 15 is 0 Å². The standard InChI is InChI=1S/C19H16FNO2S/c1-15-9-11-18(12-10-15)24(22,23)21-13-4-2-3-8-19(21)16-6-5-7-17(20)14-16/h2-14H,1H3. The average molecular weight is 341 g/mol. The van der Waals surface area contributed by atoms with Gasteiger partial charge in [-0.05, 0) is 43.3 Å². The predicted octanol–water partition coefficient (Wildman–Crippen LogP) is 4.25. The SMILES string of the molecule is Cc1ccc(S(=O)(=O)N2C=CC=CC=C2c2cccc(F)c2)cc1. The van der Waals surface area contributed by atoms with E-state index in [-0.39, 0.29) is 4.90 Å². The molecule has 122 valence electrons. The van der Waals surface area contributed by atoms with E-state index < -0.39 is 15.8 Å². The first kappa shape index (κ1) is 16.2. The third-order valence-electron chi connectivity index (χ3n) is 3.63. The van der Waals surface area contributed by atoms with Crippen LogP contribution in [0.4, 0.5) is 4.39 Å². The summed E-state index contributed by atoms with van der Waals surface area (Å²) in [6.07, 6.45) is 8.20. The van der Waals surface area contributed by atoms with E-state index in [0.29, 0.717) is 11.3 Å². The van der Waals surface area contributed by atoms with Gasteiger partial charge in [-0.15, -0.1) is 0 Å². The molecule has 3 nitrogen and oxygen atoms in total. The number of rotatable bonds is 3. The monoisotopic (exact) mass is 341 g/mol. The number of nitrogens with zero attached hydrogens (tertiary/aromatic N) is 1. The van der Waals surface area contributed by atoms with Crippen LogP contribution in [-0.2, 0) is 10.0 Å². The van der Waals surface area contributed by atoms with E-state index in [9.17, 15) is 12.8 Å². The second-order valence-electron chi connectivity index (χ2n) is 5.40. The lowest BCUT2D eigenvalue weighted by molar-refractivity contribution is 0.557. The Morgan fingerprint density at radius 1 is 0.958 bits per heavy atom. The Hall–Kier alpha value is -2.66. The van der Waals surface area contributed by atoms with Crippen molar-refractivity contribution < 1.29 is 12.8 Å². The summed E-state index contributed by atoms with van der Waals surface area (Å²) < 4.78 is 40.8. The van der Waals surface area contributed by atoms with Crippen LogP contribution in [0.1, 0.15) is 11.1 Å². The van der Waals surface area contributed by atoms with Crippen molar-refractivity contribution in [1.29, 1.82) is 0 Å². The van der Waals surface area contributed by atoms with Crippen LogP contribution in [0, 0.1) is 12.7 Å². The fourth-order valence-electron chi connectivity index (χ4n) is 2.40. The summed E-state index contributed by atoms with van der Waals surface area (Å²) in [6, 6.07) is 12.5. The van der Waals surface area contributed by atoms with Gasteiger partial charge in [-0.25, -0.2) is 17.1 Å². The Balaban J connectivity index is 2.11. The lowest BCUT2D eigenvalue weighted by atomic mass is 10.1. The summed E-state index contributed by atoms with van der Waals surface area (Å²) in [5, 5.41) is 0. The Labute approximate surface area is 141 Å². The summed E-state index contributed by atoms with van der Waals surface area (Å²) in [6.45, 7) is 1.89. The Morgan fingerprint density at radius 2 is 1.71 bits per heavy atom. The summed E-state index contributed by atoms with van der Waals surface area (Å²) in [5.74, 6) is -0.418. The maximum atomic E-state index is 13.6. The van der Waals surface area contributed by atoms with E-state index in [1.54, 1.807) is 60.7 Å². The molecular weight excluding hydrogens is 325 g/mol. The largest absolute Gasteiger partial charge is 0.268 e. The molecule has 0 aromatic heterocycles. The molecule has 0 fully saturated rings. The second kappa shape index (κ2) is 6.45. The van der Waals surface area contributed by atoms with E-state index in [0.717, 1.165) is 5.56 Å². The highest BCUT2D eigenvalue weighted by Crippen LogP contribution is 2.29. The highest BCUT2D eigenvalue weighted by molar-refractivity contribution is 7.89. The summed E-state index contributed by atoms with van der Waals surface area (Å²) in [7, 11) is -3.80. The number of hydrogen-bond acceptors (Lipinski definition) is 2. The van der Waals surface area contributed by atoms with Crippen molar-refractivity contribution in [2.24, 2.45) is 0 Å². The zero-order chi connectivity index (χ0) is 17.2. The Bertz CT molecular complexity index is 942. The van der Waals surface area contributed by atoms with Gasteiger partial charge in [0.25, 0.3) is 10.0 Å². The van der Waals surface area contributed by atoms with Crippen LogP contribution in [0.5, 0.6) is 0 Å². The van der Waals surface area contributed by atoms with Crippen LogP contribution in [0.15, 0.2) is 83.9 Å². The van der Waals surface area contributed by atoms with Gasteiger partial charge in [0.05, 0.1) is 10.6 Å². The molecule has 0 spiro atoms. The summed E-state index contributed by atoms with van der Waals surface area (Å²) in [4.78, 5) is 0.182. The molecule has 0 amide bonds. The third kappa shape index (κ3) is 3.16. The van der Waals surface area contributed by atoms with Gasteiger partial charge >= 0.3 is 0 Å². The number of hydrogen-bond donors (Lipinski definition) is 0. The lowest BCUT2D eigenvalue weighted by Crippen LogP contribution is -2.24. The van der Waals surface area contributed by atoms with E-state index in [1.165, 1.54) is 22.6 Å². The van der Waals surface area contributed by atoms with Gasteiger partial charge in [-0.3, -0.25) is 0 Å². The van der Waals surface area contributed by atoms with Crippen LogP contribution in [-0.4, -0.2) is 12.7 Å². The molecule has 2 aromatic carbocycles. The molecule has 0 saturated heterocycles. The second-order valence-corrected chi connectivity index (χ2v) is 7.22. The predicted molar refractivity (Wildman–Crippen MR) is 92.9 cm³/mol. The van der Waals surface area contributed by atoms with E-state index in [2.05, 4.69) is 0 Å². The van der Waals surface area contributed by atoms with Crippen molar-refractivity contribution in [3.63, 3.8) is 0 Å². The minimum atomic E-state index is -3.80. The maximum absolute atomic E-state index is 13.6. The molecule has 0 N–H and O–H groups in total. The Morgan fingerprint density at radius 3 is 2.42 bits per heavy atom. The van der Waals surface area contributed by atoms with Gasteiger partial charge in [0.1, 0.15) is 5.82 Å². The molecule has 0 unspecified atom stereocenters. The normalized spacial score (nSPS) is 14.4. The lowest BCUT2D eigenvalue weighted by Gasteiger charge is -2.23. The highest BCUT2D eigenvalue weighted by atomic mass is 32.2. The average Bonchev–Trinajstić information content (AvgIpc) is 2.81. The summed E-state index contributed by atoms with van der Waals surface area (Å²) in [5.41, 5.74) is 1.85. The van der Waals surface area contributed by atoms with Gasteiger partial charge in [0.15, 0.2) is 0 Å². The van der Waals surface area contributed by atoms with Crippen LogP contribution >= 0.6 is 0 Å². The molecule has 24 heavy (non-hydrogen) atoms. The fraction of sp³-hybridized carbons (Fsp3) is 0.0526. The molecule has 0 bridgehead atoms. The molecule has 0 radical (unpaired) electrons. The van der Waals surface area contributed by atoms with Crippen molar-refractivity contribution >= 4 is 15.7 Å². The van der Waals surface area contributed by atoms with Crippen LogP contribution in [0.3, 0.4) is 0 Å². The topological polar surface area (TPSA) is 37.4 Å². The minimum Gasteiger partial charge on any atom is -0.241 e. The van der Waals surface area contributed by atoms with Crippen LogP contribution in [0.2, 0.25) is 0 Å². The smallest absolute Gasteiger partial charge is 0.241 e. The van der Waals surface area contributed by atoms with Gasteiger partial charge in [0, 0.05) is 11.8 Å². The molecule has 0 aliphatic carbocycles. The molecule has 1 heterocycles. The number of sulfonamides is 1. The van der Waals surface area contributed by atoms with Crippen molar-refractivity contribution in [3.05, 3.63) is 96.0 Å². The molecule has 1 aliphatic heterocycles. The number of allylic oxidation sites excluding steroid dienone is 4. The fourth-order valence-corrected chi connectivity index (χ4v) is 3.76. The minimum absolute atomic E-state index is 0.182. The first-order valence-corrected chi connectivity index (χ1v) is 8.85. The number of halogens is 1. The zero-order valence-electron chi connectivity index (χ0n) is 13.1.